The first-order valence-electron chi connectivity index (χ1n) is 7.69. The Kier molecular flexibility index (Phi) is 4.37. The van der Waals surface area contributed by atoms with Gasteiger partial charge in [0.1, 0.15) is 0 Å². The number of imide groups is 1. The smallest absolute Gasteiger partial charge is 0.317 e. The van der Waals surface area contributed by atoms with Gasteiger partial charge in [-0.3, -0.25) is 14.5 Å². The molecule has 21 heavy (non-hydrogen) atoms. The topological polar surface area (TPSA) is 69.7 Å². The Bertz CT molecular complexity index is 435. The standard InChI is InChI=1S/C14H21N3O3S/c18-12-9-21-14(20)17(12)11-6-7-16(8-11)13(19)15-10-4-2-1-3-5-10/h10-11H,1-9H2,(H,15,19). The molecule has 1 aliphatic carbocycles. The molecule has 1 saturated carbocycles. The fourth-order valence-electron chi connectivity index (χ4n) is 3.37. The van der Waals surface area contributed by atoms with Crippen molar-refractivity contribution in [1.82, 2.24) is 15.1 Å². The summed E-state index contributed by atoms with van der Waals surface area (Å²) in [4.78, 5) is 38.8. The van der Waals surface area contributed by atoms with Crippen molar-refractivity contribution in [2.75, 3.05) is 18.8 Å². The lowest BCUT2D eigenvalue weighted by Gasteiger charge is -2.26. The number of nitrogens with zero attached hydrogens (tertiary/aromatic N) is 2. The Hall–Kier alpha value is -1.24. The summed E-state index contributed by atoms with van der Waals surface area (Å²) in [5, 5.41) is 2.92. The van der Waals surface area contributed by atoms with Crippen molar-refractivity contribution in [2.24, 2.45) is 0 Å². The van der Waals surface area contributed by atoms with Gasteiger partial charge in [-0.25, -0.2) is 4.79 Å². The van der Waals surface area contributed by atoms with Crippen molar-refractivity contribution < 1.29 is 14.4 Å². The summed E-state index contributed by atoms with van der Waals surface area (Å²) in [7, 11) is 0. The lowest BCUT2D eigenvalue weighted by atomic mass is 9.96. The van der Waals surface area contributed by atoms with E-state index in [2.05, 4.69) is 5.32 Å². The highest BCUT2D eigenvalue weighted by molar-refractivity contribution is 8.14. The van der Waals surface area contributed by atoms with Crippen LogP contribution in [0.15, 0.2) is 0 Å². The van der Waals surface area contributed by atoms with Gasteiger partial charge in [0.2, 0.25) is 5.91 Å². The van der Waals surface area contributed by atoms with Crippen LogP contribution >= 0.6 is 11.8 Å². The summed E-state index contributed by atoms with van der Waals surface area (Å²) in [5.41, 5.74) is 0. The summed E-state index contributed by atoms with van der Waals surface area (Å²) in [6, 6.07) is 0.101. The third-order valence-corrected chi connectivity index (χ3v) is 5.37. The van der Waals surface area contributed by atoms with Crippen LogP contribution in [0.3, 0.4) is 0 Å². The van der Waals surface area contributed by atoms with Gasteiger partial charge in [0.15, 0.2) is 0 Å². The summed E-state index contributed by atoms with van der Waals surface area (Å²) in [6.07, 6.45) is 6.43. The van der Waals surface area contributed by atoms with E-state index in [0.29, 0.717) is 19.5 Å². The first-order valence-corrected chi connectivity index (χ1v) is 8.68. The molecule has 0 aromatic heterocycles. The van der Waals surface area contributed by atoms with Crippen LogP contribution < -0.4 is 5.32 Å². The van der Waals surface area contributed by atoms with E-state index < -0.39 is 0 Å². The van der Waals surface area contributed by atoms with Gasteiger partial charge in [0.25, 0.3) is 5.24 Å². The molecule has 0 aromatic rings. The molecule has 3 aliphatic rings. The number of hydrogen-bond donors (Lipinski definition) is 1. The number of nitrogens with one attached hydrogen (secondary N) is 1. The molecule has 1 atom stereocenters. The van der Waals surface area contributed by atoms with Crippen LogP contribution in [0.5, 0.6) is 0 Å². The number of amides is 4. The molecule has 2 heterocycles. The third-order valence-electron chi connectivity index (χ3n) is 4.53. The van der Waals surface area contributed by atoms with Crippen molar-refractivity contribution in [1.29, 1.82) is 0 Å². The first kappa shape index (κ1) is 14.7. The zero-order valence-electron chi connectivity index (χ0n) is 12.0. The van der Waals surface area contributed by atoms with E-state index in [1.54, 1.807) is 4.90 Å². The van der Waals surface area contributed by atoms with Crippen LogP contribution in [0.2, 0.25) is 0 Å². The number of carbonyl (C=O) groups excluding carboxylic acids is 3. The average Bonchev–Trinajstić information content (AvgIpc) is 3.07. The van der Waals surface area contributed by atoms with Crippen molar-refractivity contribution in [3.63, 3.8) is 0 Å². The fraction of sp³-hybridized carbons (Fsp3) is 0.786. The molecule has 3 fully saturated rings. The maximum absolute atomic E-state index is 12.3. The number of thioether (sulfide) groups is 1. The highest BCUT2D eigenvalue weighted by Crippen LogP contribution is 2.26. The minimum absolute atomic E-state index is 0.0452. The molecule has 0 spiro atoms. The Morgan fingerprint density at radius 1 is 1.14 bits per heavy atom. The quantitative estimate of drug-likeness (QED) is 0.844. The number of rotatable bonds is 2. The van der Waals surface area contributed by atoms with Crippen molar-refractivity contribution >= 4 is 28.9 Å². The van der Waals surface area contributed by atoms with Gasteiger partial charge in [-0.2, -0.15) is 0 Å². The maximum Gasteiger partial charge on any atom is 0.317 e. The molecular formula is C14H21N3O3S. The highest BCUT2D eigenvalue weighted by Gasteiger charge is 2.40. The Labute approximate surface area is 128 Å². The molecule has 3 rings (SSSR count). The molecule has 7 heteroatoms. The van der Waals surface area contributed by atoms with E-state index >= 15 is 0 Å². The zero-order valence-corrected chi connectivity index (χ0v) is 12.9. The molecule has 1 unspecified atom stereocenters. The van der Waals surface area contributed by atoms with Gasteiger partial charge in [-0.05, 0) is 19.3 Å². The van der Waals surface area contributed by atoms with Crippen molar-refractivity contribution in [3.8, 4) is 0 Å². The molecular weight excluding hydrogens is 290 g/mol. The van der Waals surface area contributed by atoms with E-state index in [1.807, 2.05) is 0 Å². The zero-order chi connectivity index (χ0) is 14.8. The second-order valence-corrected chi connectivity index (χ2v) is 6.92. The second-order valence-electron chi connectivity index (χ2n) is 5.99. The summed E-state index contributed by atoms with van der Waals surface area (Å²) in [5.74, 6) is 0.119. The van der Waals surface area contributed by atoms with Gasteiger partial charge in [-0.15, -0.1) is 0 Å². The van der Waals surface area contributed by atoms with E-state index in [-0.39, 0.29) is 35.0 Å². The van der Waals surface area contributed by atoms with Crippen molar-refractivity contribution in [3.05, 3.63) is 0 Å². The Morgan fingerprint density at radius 2 is 1.90 bits per heavy atom. The van der Waals surface area contributed by atoms with Crippen LogP contribution in [0.1, 0.15) is 38.5 Å². The third kappa shape index (κ3) is 3.17. The van der Waals surface area contributed by atoms with Crippen LogP contribution in [0.25, 0.3) is 0 Å². The first-order chi connectivity index (χ1) is 10.1. The fourth-order valence-corrected chi connectivity index (χ4v) is 4.14. The molecule has 0 bridgehead atoms. The molecule has 1 N–H and O–H groups in total. The predicted octanol–water partition coefficient (Wildman–Crippen LogP) is 1.80. The molecule has 2 saturated heterocycles. The van der Waals surface area contributed by atoms with Gasteiger partial charge in [-0.1, -0.05) is 31.0 Å². The van der Waals surface area contributed by atoms with Crippen LogP contribution in [0, 0.1) is 0 Å². The monoisotopic (exact) mass is 311 g/mol. The molecule has 116 valence electrons. The summed E-state index contributed by atoms with van der Waals surface area (Å²) in [6.45, 7) is 1.08. The van der Waals surface area contributed by atoms with Gasteiger partial charge in [0.05, 0.1) is 11.8 Å². The van der Waals surface area contributed by atoms with Gasteiger partial charge >= 0.3 is 6.03 Å². The van der Waals surface area contributed by atoms with Gasteiger partial charge in [0, 0.05) is 19.1 Å². The number of likely N-dealkylation sites (tertiary alicyclic amines) is 1. The SMILES string of the molecule is O=C(NC1CCCCC1)N1CCC(N2C(=O)CSC2=O)C1. The Balaban J connectivity index is 1.52. The Morgan fingerprint density at radius 3 is 2.57 bits per heavy atom. The van der Waals surface area contributed by atoms with Crippen LogP contribution in [-0.4, -0.2) is 57.9 Å². The van der Waals surface area contributed by atoms with E-state index in [0.717, 1.165) is 24.6 Å². The highest BCUT2D eigenvalue weighted by atomic mass is 32.2. The van der Waals surface area contributed by atoms with Gasteiger partial charge < -0.3 is 10.2 Å². The van der Waals surface area contributed by atoms with Crippen molar-refractivity contribution in [2.45, 2.75) is 50.6 Å². The maximum atomic E-state index is 12.3. The average molecular weight is 311 g/mol. The van der Waals surface area contributed by atoms with E-state index in [9.17, 15) is 14.4 Å². The second kappa shape index (κ2) is 6.25. The normalized spacial score (nSPS) is 27.5. The minimum atomic E-state index is -0.167. The number of hydrogen-bond acceptors (Lipinski definition) is 4. The molecule has 2 aliphatic heterocycles. The van der Waals surface area contributed by atoms with E-state index in [4.69, 9.17) is 0 Å². The lowest BCUT2D eigenvalue weighted by molar-refractivity contribution is -0.126. The molecule has 6 nitrogen and oxygen atoms in total. The molecule has 0 radical (unpaired) electrons. The largest absolute Gasteiger partial charge is 0.335 e. The van der Waals surface area contributed by atoms with Crippen LogP contribution in [-0.2, 0) is 4.79 Å². The summed E-state index contributed by atoms with van der Waals surface area (Å²) >= 11 is 1.06. The minimum Gasteiger partial charge on any atom is -0.335 e. The number of carbonyl (C=O) groups is 3. The lowest BCUT2D eigenvalue weighted by Crippen LogP contribution is -2.46. The molecule has 0 aromatic carbocycles. The van der Waals surface area contributed by atoms with Crippen LogP contribution in [0.4, 0.5) is 9.59 Å². The predicted molar refractivity (Wildman–Crippen MR) is 80.1 cm³/mol. The number of urea groups is 1. The van der Waals surface area contributed by atoms with E-state index in [1.165, 1.54) is 24.2 Å². The molecule has 4 amide bonds. The summed E-state index contributed by atoms with van der Waals surface area (Å²) < 4.78 is 0.